The van der Waals surface area contributed by atoms with E-state index in [1.807, 2.05) is 6.92 Å². The first-order valence-electron chi connectivity index (χ1n) is 7.54. The number of carbonyl (C=O) groups is 1. The Bertz CT molecular complexity index is 805. The summed E-state index contributed by atoms with van der Waals surface area (Å²) in [6.45, 7) is 1.86. The molecule has 3 N–H and O–H groups in total. The van der Waals surface area contributed by atoms with Gasteiger partial charge in [0.2, 0.25) is 0 Å². The van der Waals surface area contributed by atoms with E-state index in [0.717, 1.165) is 17.7 Å². The first kappa shape index (κ1) is 17.3. The normalized spacial score (nSPS) is 16.4. The molecule has 0 spiro atoms. The van der Waals surface area contributed by atoms with E-state index in [0.29, 0.717) is 11.3 Å². The number of nitrogens with one attached hydrogen (secondary N) is 2. The van der Waals surface area contributed by atoms with E-state index in [4.69, 9.17) is 4.74 Å². The molecule has 2 aromatic rings. The highest BCUT2D eigenvalue weighted by atomic mass is 32.2. The molecule has 1 amide bonds. The highest BCUT2D eigenvalue weighted by Gasteiger charge is 2.32. The van der Waals surface area contributed by atoms with Gasteiger partial charge in [0.1, 0.15) is 11.5 Å². The summed E-state index contributed by atoms with van der Waals surface area (Å²) < 4.78 is 25.3. The third-order valence-electron chi connectivity index (χ3n) is 3.91. The smallest absolute Gasteiger partial charge is 0.416 e. The number of phenols is 1. The van der Waals surface area contributed by atoms with Gasteiger partial charge in [0, 0.05) is 35.5 Å². The summed E-state index contributed by atoms with van der Waals surface area (Å²) in [7, 11) is 1.69. The Hall–Kier alpha value is -2.52. The minimum absolute atomic E-state index is 0.0186. The van der Waals surface area contributed by atoms with Crippen LogP contribution in [0.15, 0.2) is 30.5 Å². The largest absolute Gasteiger partial charge is 0.508 e. The molecule has 1 aromatic carbocycles. The van der Waals surface area contributed by atoms with Crippen molar-refractivity contribution in [2.75, 3.05) is 11.8 Å². The van der Waals surface area contributed by atoms with Gasteiger partial charge in [-0.3, -0.25) is 9.62 Å². The summed E-state index contributed by atoms with van der Waals surface area (Å²) in [5, 5.41) is 9.52. The number of hydrogen-bond donors (Lipinski definition) is 3. The van der Waals surface area contributed by atoms with Crippen molar-refractivity contribution in [2.24, 2.45) is 0 Å². The van der Waals surface area contributed by atoms with Crippen LogP contribution < -0.4 is 14.2 Å². The summed E-state index contributed by atoms with van der Waals surface area (Å²) in [5.74, 6) is -0.108. The summed E-state index contributed by atoms with van der Waals surface area (Å²) >= 11 is 1.09. The first-order valence-corrected chi connectivity index (χ1v) is 8.36. The lowest BCUT2D eigenvalue weighted by molar-refractivity contribution is 0.116. The Morgan fingerprint density at radius 1 is 1.44 bits per heavy atom. The molecule has 3 rings (SSSR count). The van der Waals surface area contributed by atoms with Crippen molar-refractivity contribution in [3.05, 3.63) is 47.4 Å². The molecule has 1 aliphatic rings. The van der Waals surface area contributed by atoms with Crippen LogP contribution in [0.3, 0.4) is 0 Å². The van der Waals surface area contributed by atoms with Gasteiger partial charge in [-0.15, -0.1) is 0 Å². The summed E-state index contributed by atoms with van der Waals surface area (Å²) in [6.07, 6.45) is 0.879. The fourth-order valence-electron chi connectivity index (χ4n) is 2.60. The molecule has 1 aliphatic heterocycles. The van der Waals surface area contributed by atoms with Crippen LogP contribution in [0.4, 0.5) is 15.0 Å². The van der Waals surface area contributed by atoms with Gasteiger partial charge in [-0.1, -0.05) is 0 Å². The van der Waals surface area contributed by atoms with Gasteiger partial charge < -0.3 is 9.84 Å². The Morgan fingerprint density at radius 2 is 2.24 bits per heavy atom. The number of carbonyl (C=O) groups excluding carboxylic acids is 1. The van der Waals surface area contributed by atoms with Crippen LogP contribution in [0.5, 0.6) is 11.5 Å². The molecule has 132 valence electrons. The lowest BCUT2D eigenvalue weighted by Gasteiger charge is -2.34. The van der Waals surface area contributed by atoms with Gasteiger partial charge in [-0.05, 0) is 32.2 Å². The molecule has 0 fully saturated rings. The van der Waals surface area contributed by atoms with Crippen molar-refractivity contribution in [1.82, 2.24) is 14.6 Å². The zero-order valence-electron chi connectivity index (χ0n) is 13.6. The Labute approximate surface area is 148 Å². The standard InChI is InChI=1S/C16H17FN4O3S/c1-9-12-4-3-11(22)7-13(12)24-16(23)21(9)8-10-5-6-19-15(14(10)17)20-25-18-2/h3-7,9,18,22H,8H2,1-2H3,(H,19,20). The van der Waals surface area contributed by atoms with Crippen molar-refractivity contribution in [2.45, 2.75) is 19.5 Å². The molecule has 2 heterocycles. The second-order valence-corrected chi connectivity index (χ2v) is 6.25. The maximum Gasteiger partial charge on any atom is 0.416 e. The SMILES string of the molecule is CNSNc1nccc(CN2C(=O)Oc3cc(O)ccc3C2C)c1F. The summed E-state index contributed by atoms with van der Waals surface area (Å²) in [4.78, 5) is 17.7. The van der Waals surface area contributed by atoms with Crippen LogP contribution in [0.25, 0.3) is 0 Å². The van der Waals surface area contributed by atoms with E-state index < -0.39 is 11.9 Å². The van der Waals surface area contributed by atoms with E-state index in [1.54, 1.807) is 13.1 Å². The minimum atomic E-state index is -0.596. The number of amides is 1. The van der Waals surface area contributed by atoms with Gasteiger partial charge in [-0.25, -0.2) is 18.9 Å². The molecule has 1 atom stereocenters. The zero-order valence-corrected chi connectivity index (χ0v) is 14.4. The fourth-order valence-corrected chi connectivity index (χ4v) is 2.94. The number of aromatic hydroxyl groups is 1. The van der Waals surface area contributed by atoms with Gasteiger partial charge in [0.25, 0.3) is 0 Å². The zero-order chi connectivity index (χ0) is 18.0. The van der Waals surface area contributed by atoms with E-state index in [9.17, 15) is 14.3 Å². The molecule has 0 saturated carbocycles. The first-order chi connectivity index (χ1) is 12.0. The number of fused-ring (bicyclic) bond motifs is 1. The van der Waals surface area contributed by atoms with Crippen molar-refractivity contribution < 1.29 is 19.0 Å². The number of rotatable bonds is 5. The Balaban J connectivity index is 1.86. The van der Waals surface area contributed by atoms with E-state index in [2.05, 4.69) is 14.4 Å². The number of pyridine rings is 1. The van der Waals surface area contributed by atoms with Crippen LogP contribution in [0, 0.1) is 5.82 Å². The Kier molecular flexibility index (Phi) is 4.95. The maximum absolute atomic E-state index is 14.6. The van der Waals surface area contributed by atoms with E-state index in [-0.39, 0.29) is 24.2 Å². The summed E-state index contributed by atoms with van der Waals surface area (Å²) in [5.41, 5.74) is 1.07. The number of aromatic nitrogens is 1. The molecule has 1 aromatic heterocycles. The molecule has 1 unspecified atom stereocenters. The molecule has 25 heavy (non-hydrogen) atoms. The number of ether oxygens (including phenoxy) is 1. The number of benzene rings is 1. The van der Waals surface area contributed by atoms with Gasteiger partial charge in [-0.2, -0.15) is 0 Å². The molecular formula is C16H17FN4O3S. The van der Waals surface area contributed by atoms with Crippen molar-refractivity contribution in [3.63, 3.8) is 0 Å². The van der Waals surface area contributed by atoms with Crippen molar-refractivity contribution in [3.8, 4) is 11.5 Å². The quantitative estimate of drug-likeness (QED) is 0.702. The van der Waals surface area contributed by atoms with Crippen LogP contribution in [-0.2, 0) is 6.54 Å². The van der Waals surface area contributed by atoms with Gasteiger partial charge in [0.15, 0.2) is 11.6 Å². The van der Waals surface area contributed by atoms with E-state index in [1.165, 1.54) is 29.3 Å². The van der Waals surface area contributed by atoms with Crippen molar-refractivity contribution >= 4 is 24.0 Å². The van der Waals surface area contributed by atoms with Crippen molar-refractivity contribution in [1.29, 1.82) is 0 Å². The minimum Gasteiger partial charge on any atom is -0.508 e. The molecule has 9 heteroatoms. The van der Waals surface area contributed by atoms with Crippen LogP contribution in [-0.4, -0.2) is 28.1 Å². The van der Waals surface area contributed by atoms with E-state index >= 15 is 0 Å². The van der Waals surface area contributed by atoms with Crippen LogP contribution in [0.2, 0.25) is 0 Å². The van der Waals surface area contributed by atoms with Gasteiger partial charge in [0.05, 0.1) is 12.6 Å². The molecule has 0 aliphatic carbocycles. The molecular weight excluding hydrogens is 347 g/mol. The third kappa shape index (κ3) is 3.47. The predicted octanol–water partition coefficient (Wildman–Crippen LogP) is 3.20. The number of anilines is 1. The highest BCUT2D eigenvalue weighted by molar-refractivity contribution is 7.98. The molecule has 0 saturated heterocycles. The third-order valence-corrected chi connectivity index (χ3v) is 4.41. The Morgan fingerprint density at radius 3 is 3.00 bits per heavy atom. The average molecular weight is 364 g/mol. The highest BCUT2D eigenvalue weighted by Crippen LogP contribution is 2.37. The lowest BCUT2D eigenvalue weighted by atomic mass is 10.0. The number of halogens is 1. The lowest BCUT2D eigenvalue weighted by Crippen LogP contribution is -2.39. The second-order valence-electron chi connectivity index (χ2n) is 5.43. The number of nitrogens with zero attached hydrogens (tertiary/aromatic N) is 2. The van der Waals surface area contributed by atoms with Gasteiger partial charge >= 0.3 is 6.09 Å². The molecule has 0 bridgehead atoms. The number of phenolic OH excluding ortho intramolecular Hbond substituents is 1. The fraction of sp³-hybridized carbons (Fsp3) is 0.250. The molecule has 0 radical (unpaired) electrons. The average Bonchev–Trinajstić information content (AvgIpc) is 2.58. The van der Waals surface area contributed by atoms with Crippen LogP contribution in [0.1, 0.15) is 24.1 Å². The predicted molar refractivity (Wildman–Crippen MR) is 92.6 cm³/mol. The monoisotopic (exact) mass is 364 g/mol. The topological polar surface area (TPSA) is 86.7 Å². The maximum atomic E-state index is 14.6. The molecule has 7 nitrogen and oxygen atoms in total. The number of hydrogen-bond acceptors (Lipinski definition) is 7. The summed E-state index contributed by atoms with van der Waals surface area (Å²) in [6, 6.07) is 5.81. The second kappa shape index (κ2) is 7.16. The van der Waals surface area contributed by atoms with Crippen LogP contribution >= 0.6 is 12.1 Å².